The molecule has 2 heterocycles. The summed E-state index contributed by atoms with van der Waals surface area (Å²) in [6.45, 7) is 7.39. The van der Waals surface area contributed by atoms with Gasteiger partial charge in [0.1, 0.15) is 35.4 Å². The molecule has 5 atom stereocenters. The number of likely N-dealkylation sites (tertiary alicyclic amines) is 1. The highest BCUT2D eigenvalue weighted by atomic mass is 16.5. The van der Waals surface area contributed by atoms with E-state index in [1.165, 1.54) is 23.5 Å². The van der Waals surface area contributed by atoms with Crippen LogP contribution in [-0.2, 0) is 24.0 Å². The third-order valence-corrected chi connectivity index (χ3v) is 11.8. The smallest absolute Gasteiger partial charge is 0.289 e. The Morgan fingerprint density at radius 2 is 1.59 bits per heavy atom. The van der Waals surface area contributed by atoms with Crippen LogP contribution in [0.3, 0.4) is 0 Å². The van der Waals surface area contributed by atoms with Gasteiger partial charge >= 0.3 is 0 Å². The molecule has 3 aromatic rings. The number of nitrogens with one attached hydrogen (secondary N) is 3. The highest BCUT2D eigenvalue weighted by Crippen LogP contribution is 2.37. The third kappa shape index (κ3) is 10.6. The van der Waals surface area contributed by atoms with Crippen LogP contribution in [-0.4, -0.2) is 94.0 Å². The Bertz CT molecular complexity index is 2010. The molecule has 6 rings (SSSR count). The fourth-order valence-electron chi connectivity index (χ4n) is 8.37. The van der Waals surface area contributed by atoms with Gasteiger partial charge in [0.15, 0.2) is 5.78 Å². The van der Waals surface area contributed by atoms with Crippen molar-refractivity contribution in [3.8, 4) is 11.5 Å². The van der Waals surface area contributed by atoms with Crippen LogP contribution < -0.4 is 25.4 Å². The fourth-order valence-corrected chi connectivity index (χ4v) is 8.37. The first-order chi connectivity index (χ1) is 28.3. The van der Waals surface area contributed by atoms with Gasteiger partial charge in [0.2, 0.25) is 23.5 Å². The van der Waals surface area contributed by atoms with E-state index in [0.29, 0.717) is 17.9 Å². The van der Waals surface area contributed by atoms with Crippen LogP contribution in [0.5, 0.6) is 11.5 Å². The summed E-state index contributed by atoms with van der Waals surface area (Å²) in [6, 6.07) is 7.90. The lowest BCUT2D eigenvalue weighted by molar-refractivity contribution is -0.145. The maximum Gasteiger partial charge on any atom is 0.289 e. The number of fused-ring (bicyclic) bond motifs is 1. The maximum atomic E-state index is 15.0. The lowest BCUT2D eigenvalue weighted by Gasteiger charge is -2.37. The number of benzene rings is 2. The van der Waals surface area contributed by atoms with Gasteiger partial charge in [-0.2, -0.15) is 0 Å². The molecular weight excluding hydrogens is 753 g/mol. The van der Waals surface area contributed by atoms with Crippen LogP contribution in [0.4, 0.5) is 0 Å². The molecule has 1 aromatic heterocycles. The zero-order valence-corrected chi connectivity index (χ0v) is 34.8. The summed E-state index contributed by atoms with van der Waals surface area (Å²) in [6.07, 6.45) is 10.5. The molecule has 316 valence electrons. The van der Waals surface area contributed by atoms with Gasteiger partial charge in [-0.1, -0.05) is 77.6 Å². The summed E-state index contributed by atoms with van der Waals surface area (Å²) >= 11 is 0. The van der Waals surface area contributed by atoms with Crippen molar-refractivity contribution in [2.45, 2.75) is 129 Å². The Morgan fingerprint density at radius 1 is 0.898 bits per heavy atom. The Balaban J connectivity index is 1.29. The number of rotatable bonds is 17. The number of ether oxygens (including phenoxy) is 2. The third-order valence-electron chi connectivity index (χ3n) is 11.8. The lowest BCUT2D eigenvalue weighted by atomic mass is 9.76. The zero-order chi connectivity index (χ0) is 42.3. The number of nitrogens with zero attached hydrogens (tertiary/aromatic N) is 3. The molecule has 14 nitrogen and oxygen atoms in total. The van der Waals surface area contributed by atoms with Crippen LogP contribution in [0.1, 0.15) is 109 Å². The minimum Gasteiger partial charge on any atom is -0.496 e. The van der Waals surface area contributed by atoms with Crippen LogP contribution in [0.15, 0.2) is 55.0 Å². The summed E-state index contributed by atoms with van der Waals surface area (Å²) < 4.78 is 12.2. The van der Waals surface area contributed by atoms with Crippen LogP contribution in [0.25, 0.3) is 10.8 Å². The van der Waals surface area contributed by atoms with Crippen LogP contribution in [0.2, 0.25) is 0 Å². The van der Waals surface area contributed by atoms with E-state index in [1.807, 2.05) is 52.0 Å². The molecule has 0 bridgehead atoms. The number of hydrogen-bond donors (Lipinski definition) is 3. The van der Waals surface area contributed by atoms with Gasteiger partial charge in [-0.25, -0.2) is 4.98 Å². The molecule has 4 amide bonds. The van der Waals surface area contributed by atoms with E-state index >= 15 is 4.79 Å². The van der Waals surface area contributed by atoms with E-state index in [4.69, 9.17) is 9.47 Å². The van der Waals surface area contributed by atoms with Gasteiger partial charge in [0.05, 0.1) is 25.9 Å². The van der Waals surface area contributed by atoms with E-state index in [2.05, 4.69) is 25.9 Å². The minimum atomic E-state index is -1.10. The molecule has 0 unspecified atom stereocenters. The van der Waals surface area contributed by atoms with Crippen molar-refractivity contribution in [3.63, 3.8) is 0 Å². The van der Waals surface area contributed by atoms with Gasteiger partial charge in [-0.15, -0.1) is 0 Å². The largest absolute Gasteiger partial charge is 0.496 e. The summed E-state index contributed by atoms with van der Waals surface area (Å²) in [7, 11) is 1.59. The first-order valence-corrected chi connectivity index (χ1v) is 21.1. The average molecular weight is 811 g/mol. The van der Waals surface area contributed by atoms with Crippen molar-refractivity contribution in [3.05, 3.63) is 60.7 Å². The molecular formula is C45H58N6O8. The first kappa shape index (κ1) is 43.2. The number of methoxy groups -OCH3 is 1. The molecule has 3 aliphatic rings. The van der Waals surface area contributed by atoms with E-state index in [1.54, 1.807) is 19.2 Å². The predicted octanol–water partition coefficient (Wildman–Crippen LogP) is 5.12. The van der Waals surface area contributed by atoms with Crippen molar-refractivity contribution in [2.24, 2.45) is 17.3 Å². The molecule has 3 fully saturated rings. The number of hydrogen-bond acceptors (Lipinski definition) is 10. The molecule has 2 saturated carbocycles. The lowest BCUT2D eigenvalue weighted by Crippen LogP contribution is -2.60. The van der Waals surface area contributed by atoms with Crippen molar-refractivity contribution in [1.29, 1.82) is 0 Å². The summed E-state index contributed by atoms with van der Waals surface area (Å²) in [5, 5.41) is 10.2. The van der Waals surface area contributed by atoms with Gasteiger partial charge < -0.3 is 30.3 Å². The van der Waals surface area contributed by atoms with Crippen molar-refractivity contribution >= 4 is 46.0 Å². The highest BCUT2D eigenvalue weighted by Gasteiger charge is 2.47. The Labute approximate surface area is 346 Å². The van der Waals surface area contributed by atoms with Crippen LogP contribution >= 0.6 is 0 Å². The maximum absolute atomic E-state index is 15.0. The molecule has 3 N–H and O–H groups in total. The van der Waals surface area contributed by atoms with Crippen LogP contribution in [0, 0.1) is 17.3 Å². The van der Waals surface area contributed by atoms with Gasteiger partial charge in [-0.3, -0.25) is 33.8 Å². The summed E-state index contributed by atoms with van der Waals surface area (Å²) in [5.41, 5.74) is -0.650. The number of carbonyl (C=O) groups excluding carboxylic acids is 6. The summed E-state index contributed by atoms with van der Waals surface area (Å²) in [5.74, 6) is -2.83. The zero-order valence-electron chi connectivity index (χ0n) is 34.8. The first-order valence-electron chi connectivity index (χ1n) is 21.1. The summed E-state index contributed by atoms with van der Waals surface area (Å²) in [4.78, 5) is 93.1. The number of carbonyl (C=O) groups is 6. The second-order valence-electron chi connectivity index (χ2n) is 17.3. The van der Waals surface area contributed by atoms with E-state index in [9.17, 15) is 24.0 Å². The molecule has 2 aromatic carbocycles. The van der Waals surface area contributed by atoms with E-state index < -0.39 is 65.0 Å². The normalized spacial score (nSPS) is 19.9. The Morgan fingerprint density at radius 3 is 2.22 bits per heavy atom. The topological polar surface area (TPSA) is 186 Å². The average Bonchev–Trinajstić information content (AvgIpc) is 3.96. The number of aromatic nitrogens is 2. The molecule has 1 saturated heterocycles. The SMILES string of the molecule is CCC[C@H](NC(=O)[C@@H]1C[C@@H](Oc2ccc(OC)c3ccccc23)CN1C(=O)[C@@H](NC(=O)[C@@H](CC(=O)c1cnccn1)C1CCCCC1)C(C)(C)C)C(=O)C(=O)NC1CC1. The quantitative estimate of drug-likeness (QED) is 0.122. The fraction of sp³-hybridized carbons (Fsp3) is 0.556. The second-order valence-corrected chi connectivity index (χ2v) is 17.3. The standard InChI is InChI=1S/C45H58N6O8/c1-6-12-33(39(53)43(56)48-28-17-18-28)49-42(55)35-23-29(59-38-20-19-37(58-5)30-15-10-11-16-31(30)38)26-51(35)44(57)40(45(2,3)4)50-41(54)32(27-13-8-7-9-14-27)24-36(52)34-25-46-21-22-47-34/h10-11,15-16,19-22,25,27-29,32-33,35,40H,6-9,12-14,17-18,23-24,26H2,1-5H3,(H,48,56)(H,49,55)(H,50,54)/t29-,32+,33+,35+,40-/m1/s1. The highest BCUT2D eigenvalue weighted by molar-refractivity contribution is 6.38. The van der Waals surface area contributed by atoms with E-state index in [-0.39, 0.29) is 49.2 Å². The molecule has 1 aliphatic heterocycles. The van der Waals surface area contributed by atoms with E-state index in [0.717, 1.165) is 55.7 Å². The monoisotopic (exact) mass is 810 g/mol. The number of amides is 4. The molecule has 59 heavy (non-hydrogen) atoms. The van der Waals surface area contributed by atoms with Gasteiger partial charge in [0, 0.05) is 48.0 Å². The molecule has 2 aliphatic carbocycles. The second kappa shape index (κ2) is 19.1. The molecule has 0 radical (unpaired) electrons. The molecule has 14 heteroatoms. The van der Waals surface area contributed by atoms with Crippen molar-refractivity contribution in [2.75, 3.05) is 13.7 Å². The Kier molecular flexibility index (Phi) is 14.0. The minimum absolute atomic E-state index is 0.00546. The molecule has 0 spiro atoms. The van der Waals surface area contributed by atoms with Crippen molar-refractivity contribution in [1.82, 2.24) is 30.8 Å². The Hall–Kier alpha value is -5.40. The van der Waals surface area contributed by atoms with Gasteiger partial charge in [0.25, 0.3) is 5.91 Å². The van der Waals surface area contributed by atoms with Gasteiger partial charge in [-0.05, 0) is 55.6 Å². The van der Waals surface area contributed by atoms with Crippen molar-refractivity contribution < 1.29 is 38.2 Å². The predicted molar refractivity (Wildman–Crippen MR) is 220 cm³/mol. The number of Topliss-reactive ketones (excluding diaryl/α,β-unsaturated/α-hetero) is 2. The number of ketones is 2.